The summed E-state index contributed by atoms with van der Waals surface area (Å²) in [4.78, 5) is 27.7. The molecule has 2 aromatic heterocycles. The van der Waals surface area contributed by atoms with E-state index in [1.165, 1.54) is 6.07 Å². The molecule has 0 aliphatic heterocycles. The fourth-order valence-corrected chi connectivity index (χ4v) is 2.46. The highest BCUT2D eigenvalue weighted by Crippen LogP contribution is 2.31. The molecule has 0 spiro atoms. The molecule has 0 saturated carbocycles. The number of aromatic amines is 2. The van der Waals surface area contributed by atoms with E-state index in [1.54, 1.807) is 0 Å². The maximum atomic E-state index is 11.5. The summed E-state index contributed by atoms with van der Waals surface area (Å²) in [7, 11) is 1.96. The standard InChI is InChI=1S/C14H13N3O2/c1-8-13(10-7-12(18)16-14(19)15-10)9-5-3-4-6-11(9)17(8)2/h3-7H,1-2H3,(H2,15,16,18,19). The predicted octanol–water partition coefficient (Wildman–Crippen LogP) is 1.53. The molecule has 3 rings (SSSR count). The van der Waals surface area contributed by atoms with Crippen molar-refractivity contribution in [2.24, 2.45) is 7.05 Å². The smallest absolute Gasteiger partial charge is 0.326 e. The van der Waals surface area contributed by atoms with Crippen LogP contribution in [-0.4, -0.2) is 14.5 Å². The van der Waals surface area contributed by atoms with Gasteiger partial charge >= 0.3 is 5.69 Å². The highest BCUT2D eigenvalue weighted by Gasteiger charge is 2.14. The zero-order valence-corrected chi connectivity index (χ0v) is 10.7. The van der Waals surface area contributed by atoms with E-state index in [1.807, 2.05) is 42.8 Å². The van der Waals surface area contributed by atoms with Crippen LogP contribution in [0, 0.1) is 6.92 Å². The number of fused-ring (bicyclic) bond motifs is 1. The maximum absolute atomic E-state index is 11.5. The Balaban J connectivity index is 2.46. The van der Waals surface area contributed by atoms with Crippen LogP contribution in [0.4, 0.5) is 0 Å². The van der Waals surface area contributed by atoms with Crippen LogP contribution in [0.3, 0.4) is 0 Å². The summed E-state index contributed by atoms with van der Waals surface area (Å²) in [6, 6.07) is 9.31. The van der Waals surface area contributed by atoms with E-state index in [2.05, 4.69) is 9.97 Å². The van der Waals surface area contributed by atoms with Gasteiger partial charge in [0, 0.05) is 35.3 Å². The van der Waals surface area contributed by atoms with Crippen LogP contribution in [0.15, 0.2) is 39.9 Å². The molecule has 96 valence electrons. The van der Waals surface area contributed by atoms with Gasteiger partial charge in [-0.3, -0.25) is 9.78 Å². The fraction of sp³-hybridized carbons (Fsp3) is 0.143. The van der Waals surface area contributed by atoms with Gasteiger partial charge in [0.25, 0.3) is 5.56 Å². The third kappa shape index (κ3) is 1.71. The molecule has 0 saturated heterocycles. The molecule has 19 heavy (non-hydrogen) atoms. The zero-order valence-electron chi connectivity index (χ0n) is 10.7. The third-order valence-corrected chi connectivity index (χ3v) is 3.43. The van der Waals surface area contributed by atoms with Gasteiger partial charge in [0.15, 0.2) is 0 Å². The lowest BCUT2D eigenvalue weighted by molar-refractivity contribution is 0.917. The van der Waals surface area contributed by atoms with E-state index < -0.39 is 11.2 Å². The van der Waals surface area contributed by atoms with E-state index in [0.29, 0.717) is 5.69 Å². The van der Waals surface area contributed by atoms with Crippen LogP contribution < -0.4 is 11.2 Å². The van der Waals surface area contributed by atoms with Crippen molar-refractivity contribution in [3.63, 3.8) is 0 Å². The van der Waals surface area contributed by atoms with Gasteiger partial charge in [-0.1, -0.05) is 18.2 Å². The van der Waals surface area contributed by atoms with Crippen LogP contribution in [0.1, 0.15) is 5.69 Å². The number of H-pyrrole nitrogens is 2. The average Bonchev–Trinajstić information content (AvgIpc) is 2.61. The molecule has 0 fully saturated rings. The van der Waals surface area contributed by atoms with E-state index in [0.717, 1.165) is 22.2 Å². The number of nitrogens with one attached hydrogen (secondary N) is 2. The molecule has 1 aromatic carbocycles. The lowest BCUT2D eigenvalue weighted by atomic mass is 10.1. The second kappa shape index (κ2) is 3.98. The molecule has 0 bridgehead atoms. The predicted molar refractivity (Wildman–Crippen MR) is 74.3 cm³/mol. The number of para-hydroxylation sites is 1. The first-order chi connectivity index (χ1) is 9.08. The Hall–Kier alpha value is -2.56. The molecular weight excluding hydrogens is 242 g/mol. The minimum atomic E-state index is -0.491. The first-order valence-electron chi connectivity index (χ1n) is 5.96. The molecular formula is C14H13N3O2. The highest BCUT2D eigenvalue weighted by atomic mass is 16.2. The fourth-order valence-electron chi connectivity index (χ4n) is 2.46. The summed E-state index contributed by atoms with van der Waals surface area (Å²) in [6.07, 6.45) is 0. The minimum Gasteiger partial charge on any atom is -0.347 e. The van der Waals surface area contributed by atoms with Crippen molar-refractivity contribution in [2.45, 2.75) is 6.92 Å². The minimum absolute atomic E-state index is 0.397. The van der Waals surface area contributed by atoms with Crippen molar-refractivity contribution < 1.29 is 0 Å². The largest absolute Gasteiger partial charge is 0.347 e. The number of hydrogen-bond acceptors (Lipinski definition) is 2. The number of aryl methyl sites for hydroxylation is 1. The van der Waals surface area contributed by atoms with Crippen molar-refractivity contribution in [1.29, 1.82) is 0 Å². The Kier molecular flexibility index (Phi) is 2.41. The Bertz CT molecular complexity index is 855. The van der Waals surface area contributed by atoms with Gasteiger partial charge in [0.2, 0.25) is 0 Å². The first kappa shape index (κ1) is 11.5. The topological polar surface area (TPSA) is 70.7 Å². The van der Waals surface area contributed by atoms with Gasteiger partial charge in [0.1, 0.15) is 0 Å². The lowest BCUT2D eigenvalue weighted by Crippen LogP contribution is -2.21. The molecule has 5 heteroatoms. The molecule has 5 nitrogen and oxygen atoms in total. The number of rotatable bonds is 1. The van der Waals surface area contributed by atoms with Gasteiger partial charge in [-0.25, -0.2) is 4.79 Å². The first-order valence-corrected chi connectivity index (χ1v) is 5.96. The van der Waals surface area contributed by atoms with Crippen LogP contribution in [0.25, 0.3) is 22.2 Å². The van der Waals surface area contributed by atoms with Crippen molar-refractivity contribution >= 4 is 10.9 Å². The van der Waals surface area contributed by atoms with E-state index in [-0.39, 0.29) is 0 Å². The van der Waals surface area contributed by atoms with Gasteiger partial charge in [-0.15, -0.1) is 0 Å². The van der Waals surface area contributed by atoms with E-state index in [4.69, 9.17) is 0 Å². The Morgan fingerprint density at radius 1 is 1.11 bits per heavy atom. The van der Waals surface area contributed by atoms with Gasteiger partial charge in [-0.05, 0) is 13.0 Å². The van der Waals surface area contributed by atoms with Gasteiger partial charge in [-0.2, -0.15) is 0 Å². The van der Waals surface area contributed by atoms with Crippen molar-refractivity contribution in [1.82, 2.24) is 14.5 Å². The molecule has 0 radical (unpaired) electrons. The third-order valence-electron chi connectivity index (χ3n) is 3.43. The summed E-state index contributed by atoms with van der Waals surface area (Å²) in [5, 5.41) is 1.02. The van der Waals surface area contributed by atoms with E-state index in [9.17, 15) is 9.59 Å². The number of benzene rings is 1. The summed E-state index contributed by atoms with van der Waals surface area (Å²) < 4.78 is 2.05. The molecule has 0 amide bonds. The number of hydrogen-bond donors (Lipinski definition) is 2. The van der Waals surface area contributed by atoms with Crippen molar-refractivity contribution in [3.8, 4) is 11.3 Å². The molecule has 0 aliphatic carbocycles. The van der Waals surface area contributed by atoms with Crippen LogP contribution >= 0.6 is 0 Å². The Morgan fingerprint density at radius 3 is 2.58 bits per heavy atom. The number of nitrogens with zero attached hydrogens (tertiary/aromatic N) is 1. The van der Waals surface area contributed by atoms with Gasteiger partial charge in [0.05, 0.1) is 5.69 Å². The Labute approximate surface area is 108 Å². The monoisotopic (exact) mass is 255 g/mol. The second-order valence-electron chi connectivity index (χ2n) is 4.54. The molecule has 3 aromatic rings. The summed E-state index contributed by atoms with van der Waals surface area (Å²) >= 11 is 0. The van der Waals surface area contributed by atoms with Gasteiger partial charge < -0.3 is 9.55 Å². The number of aromatic nitrogens is 3. The molecule has 2 heterocycles. The quantitative estimate of drug-likeness (QED) is 0.692. The van der Waals surface area contributed by atoms with Crippen LogP contribution in [0.5, 0.6) is 0 Å². The van der Waals surface area contributed by atoms with Crippen LogP contribution in [-0.2, 0) is 7.05 Å². The average molecular weight is 255 g/mol. The molecule has 2 N–H and O–H groups in total. The maximum Gasteiger partial charge on any atom is 0.326 e. The zero-order chi connectivity index (χ0) is 13.6. The summed E-state index contributed by atoms with van der Waals surface area (Å²) in [5.41, 5.74) is 2.61. The summed E-state index contributed by atoms with van der Waals surface area (Å²) in [6.45, 7) is 1.97. The second-order valence-corrected chi connectivity index (χ2v) is 4.54. The molecule has 0 unspecified atom stereocenters. The van der Waals surface area contributed by atoms with E-state index >= 15 is 0 Å². The molecule has 0 aliphatic rings. The molecule has 0 atom stereocenters. The lowest BCUT2D eigenvalue weighted by Gasteiger charge is -2.01. The summed E-state index contributed by atoms with van der Waals surface area (Å²) in [5.74, 6) is 0. The normalized spacial score (nSPS) is 11.1. The highest BCUT2D eigenvalue weighted by molar-refractivity contribution is 5.97. The Morgan fingerprint density at radius 2 is 1.84 bits per heavy atom. The SMILES string of the molecule is Cc1c(-c2cc(=O)[nH]c(=O)[nH]2)c2ccccc2n1C. The van der Waals surface area contributed by atoms with Crippen molar-refractivity contribution in [2.75, 3.05) is 0 Å². The van der Waals surface area contributed by atoms with Crippen LogP contribution in [0.2, 0.25) is 0 Å². The van der Waals surface area contributed by atoms with Crippen molar-refractivity contribution in [3.05, 3.63) is 56.9 Å².